The van der Waals surface area contributed by atoms with Gasteiger partial charge in [0.1, 0.15) is 5.82 Å². The third kappa shape index (κ3) is 5.91. The molecular weight excluding hydrogens is 400 g/mol. The predicted molar refractivity (Wildman–Crippen MR) is 96.7 cm³/mol. The number of nitrogens with zero attached hydrogens (tertiary/aromatic N) is 2. The Morgan fingerprint density at radius 1 is 1.21 bits per heavy atom. The largest absolute Gasteiger partial charge is 0.476 e. The molecule has 0 fully saturated rings. The second-order valence-electron chi connectivity index (χ2n) is 5.32. The summed E-state index contributed by atoms with van der Waals surface area (Å²) >= 11 is 0.667. The maximum atomic E-state index is 13.0. The van der Waals surface area contributed by atoms with E-state index in [0.29, 0.717) is 28.4 Å². The fourth-order valence-corrected chi connectivity index (χ4v) is 2.51. The van der Waals surface area contributed by atoms with E-state index < -0.39 is 23.7 Å². The van der Waals surface area contributed by atoms with E-state index in [9.17, 15) is 22.4 Å². The second-order valence-corrected chi connectivity index (χ2v) is 6.18. The molecule has 2 heterocycles. The number of thiazole rings is 1. The number of benzene rings is 1. The second kappa shape index (κ2) is 8.65. The summed E-state index contributed by atoms with van der Waals surface area (Å²) in [5.74, 6) is -1.52. The molecule has 0 aliphatic heterocycles. The molecule has 0 radical (unpaired) electrons. The lowest BCUT2D eigenvalue weighted by atomic mass is 10.2. The molecule has 0 spiro atoms. The van der Waals surface area contributed by atoms with Crippen molar-refractivity contribution in [2.24, 2.45) is 0 Å². The van der Waals surface area contributed by atoms with Crippen molar-refractivity contribution in [2.75, 3.05) is 5.32 Å². The van der Waals surface area contributed by atoms with Crippen LogP contribution in [0.25, 0.3) is 5.73 Å². The van der Waals surface area contributed by atoms with Gasteiger partial charge in [0, 0.05) is 11.4 Å². The van der Waals surface area contributed by atoms with Gasteiger partial charge in [-0.25, -0.2) is 14.2 Å². The van der Waals surface area contributed by atoms with Gasteiger partial charge in [-0.05, 0) is 47.8 Å². The fourth-order valence-electron chi connectivity index (χ4n) is 1.95. The molecular formula is C17H13F4N4O2S-. The molecule has 0 atom stereocenters. The number of alkyl halides is 3. The van der Waals surface area contributed by atoms with Gasteiger partial charge in [-0.2, -0.15) is 24.5 Å². The summed E-state index contributed by atoms with van der Waals surface area (Å²) in [5.41, 5.74) is 7.05. The summed E-state index contributed by atoms with van der Waals surface area (Å²) in [6.07, 6.45) is -4.41. The van der Waals surface area contributed by atoms with E-state index in [1.807, 2.05) is 0 Å². The molecule has 2 aromatic heterocycles. The predicted octanol–water partition coefficient (Wildman–Crippen LogP) is 5.82. The van der Waals surface area contributed by atoms with Gasteiger partial charge >= 0.3 is 12.1 Å². The average molecular weight is 413 g/mol. The van der Waals surface area contributed by atoms with Crippen molar-refractivity contribution in [2.45, 2.75) is 13.1 Å². The van der Waals surface area contributed by atoms with Crippen LogP contribution in [0.4, 0.5) is 34.1 Å². The fraction of sp³-hybridized carbons (Fsp3) is 0.118. The Morgan fingerprint density at radius 2 is 1.93 bits per heavy atom. The standard InChI is InChI=1S/C13H11FN2O2.C4H2F3N2S/c1-8-5-6-11(12(15-8)13(17)18)16-10-4-2-3-9(14)7-10;5-4(6,7)2-1-10-3(8)9-2/h2-7,16H,1H3,(H,17,18);1H,(H-,8,9)/q;-1. The Labute approximate surface area is 160 Å². The van der Waals surface area contributed by atoms with Crippen LogP contribution in [0, 0.1) is 12.7 Å². The number of carboxylic acid groups (broad SMARTS) is 1. The molecule has 0 aliphatic carbocycles. The number of halogens is 4. The van der Waals surface area contributed by atoms with Crippen molar-refractivity contribution in [3.63, 3.8) is 0 Å². The highest BCUT2D eigenvalue weighted by Gasteiger charge is 2.29. The third-order valence-electron chi connectivity index (χ3n) is 3.14. The van der Waals surface area contributed by atoms with Crippen molar-refractivity contribution in [3.8, 4) is 0 Å². The summed E-state index contributed by atoms with van der Waals surface area (Å²) in [5, 5.41) is 12.4. The highest BCUT2D eigenvalue weighted by atomic mass is 32.1. The Hall–Kier alpha value is -3.21. The van der Waals surface area contributed by atoms with Gasteiger partial charge < -0.3 is 21.1 Å². The summed E-state index contributed by atoms with van der Waals surface area (Å²) in [6, 6.07) is 9.08. The van der Waals surface area contributed by atoms with Crippen LogP contribution >= 0.6 is 11.3 Å². The number of carbonyl (C=O) groups is 1. The average Bonchev–Trinajstić information content (AvgIpc) is 3.04. The lowest BCUT2D eigenvalue weighted by Gasteiger charge is -2.09. The molecule has 0 saturated heterocycles. The van der Waals surface area contributed by atoms with E-state index in [4.69, 9.17) is 10.8 Å². The first-order chi connectivity index (χ1) is 13.1. The molecule has 148 valence electrons. The molecule has 1 aromatic carbocycles. The van der Waals surface area contributed by atoms with Gasteiger partial charge in [0.2, 0.25) is 0 Å². The Balaban J connectivity index is 0.000000237. The SMILES string of the molecule is Cc1ccc(Nc2cccc(F)c2)c(C(=O)O)n1.[NH-]c1nc(C(F)(F)F)cs1. The molecule has 3 aromatic rings. The number of anilines is 2. The van der Waals surface area contributed by atoms with Crippen LogP contribution in [0.1, 0.15) is 21.9 Å². The van der Waals surface area contributed by atoms with Crippen LogP contribution in [-0.4, -0.2) is 21.0 Å². The number of aryl methyl sites for hydroxylation is 1. The van der Waals surface area contributed by atoms with Gasteiger partial charge in [0.15, 0.2) is 5.69 Å². The van der Waals surface area contributed by atoms with Gasteiger partial charge in [-0.3, -0.25) is 0 Å². The van der Waals surface area contributed by atoms with Crippen LogP contribution < -0.4 is 5.32 Å². The Kier molecular flexibility index (Phi) is 6.52. The van der Waals surface area contributed by atoms with Crippen LogP contribution in [0.3, 0.4) is 0 Å². The molecule has 0 aliphatic rings. The number of nitrogens with one attached hydrogen (secondary N) is 2. The minimum atomic E-state index is -4.41. The molecule has 3 rings (SSSR count). The number of pyridine rings is 1. The number of carboxylic acids is 1. The number of aromatic nitrogens is 2. The molecule has 11 heteroatoms. The zero-order valence-corrected chi connectivity index (χ0v) is 15.0. The quantitative estimate of drug-likeness (QED) is 0.528. The van der Waals surface area contributed by atoms with Crippen molar-refractivity contribution in [1.29, 1.82) is 0 Å². The molecule has 0 saturated carbocycles. The van der Waals surface area contributed by atoms with Crippen molar-refractivity contribution in [1.82, 2.24) is 9.97 Å². The zero-order chi connectivity index (χ0) is 20.9. The van der Waals surface area contributed by atoms with Crippen LogP contribution in [0.15, 0.2) is 41.8 Å². The molecule has 0 bridgehead atoms. The maximum absolute atomic E-state index is 13.0. The highest BCUT2D eigenvalue weighted by molar-refractivity contribution is 7.13. The lowest BCUT2D eigenvalue weighted by Crippen LogP contribution is -2.06. The first kappa shape index (κ1) is 21.1. The van der Waals surface area contributed by atoms with Crippen molar-refractivity contribution >= 4 is 33.8 Å². The summed E-state index contributed by atoms with van der Waals surface area (Å²) in [6.45, 7) is 1.71. The molecule has 0 amide bonds. The molecule has 28 heavy (non-hydrogen) atoms. The van der Waals surface area contributed by atoms with Crippen LogP contribution in [0.5, 0.6) is 0 Å². The van der Waals surface area contributed by atoms with Crippen LogP contribution in [-0.2, 0) is 6.18 Å². The minimum Gasteiger partial charge on any atom is -0.476 e. The molecule has 0 unspecified atom stereocenters. The summed E-state index contributed by atoms with van der Waals surface area (Å²) < 4.78 is 48.0. The van der Waals surface area contributed by atoms with Gasteiger partial charge in [-0.15, -0.1) is 0 Å². The number of rotatable bonds is 3. The smallest absolute Gasteiger partial charge is 0.413 e. The number of aromatic carboxylic acids is 1. The van der Waals surface area contributed by atoms with Gasteiger partial charge in [0.05, 0.1) is 11.4 Å². The van der Waals surface area contributed by atoms with E-state index in [2.05, 4.69) is 15.3 Å². The number of hydrogen-bond acceptors (Lipinski definition) is 5. The first-order valence-corrected chi connectivity index (χ1v) is 8.42. The summed E-state index contributed by atoms with van der Waals surface area (Å²) in [4.78, 5) is 17.9. The third-order valence-corrected chi connectivity index (χ3v) is 3.79. The van der Waals surface area contributed by atoms with Crippen LogP contribution in [0.2, 0.25) is 0 Å². The van der Waals surface area contributed by atoms with Crippen molar-refractivity contribution < 1.29 is 27.5 Å². The number of hydrogen-bond donors (Lipinski definition) is 2. The van der Waals surface area contributed by atoms with Gasteiger partial charge in [0.25, 0.3) is 0 Å². The zero-order valence-electron chi connectivity index (χ0n) is 14.2. The van der Waals surface area contributed by atoms with E-state index >= 15 is 0 Å². The first-order valence-electron chi connectivity index (χ1n) is 7.54. The normalized spacial score (nSPS) is 10.8. The topological polar surface area (TPSA) is 98.9 Å². The van der Waals surface area contributed by atoms with Crippen molar-refractivity contribution in [3.05, 3.63) is 70.4 Å². The monoisotopic (exact) mass is 413 g/mol. The van der Waals surface area contributed by atoms with E-state index in [1.165, 1.54) is 12.1 Å². The van der Waals surface area contributed by atoms with E-state index in [1.54, 1.807) is 31.2 Å². The maximum Gasteiger partial charge on any atom is 0.413 e. The minimum absolute atomic E-state index is 0.0840. The molecule has 6 nitrogen and oxygen atoms in total. The lowest BCUT2D eigenvalue weighted by molar-refractivity contribution is -0.140. The molecule has 3 N–H and O–H groups in total. The van der Waals surface area contributed by atoms with E-state index in [-0.39, 0.29) is 10.8 Å². The highest BCUT2D eigenvalue weighted by Crippen LogP contribution is 2.31. The summed E-state index contributed by atoms with van der Waals surface area (Å²) in [7, 11) is 0. The van der Waals surface area contributed by atoms with E-state index in [0.717, 1.165) is 5.38 Å². The van der Waals surface area contributed by atoms with Gasteiger partial charge in [-0.1, -0.05) is 6.07 Å². The Bertz CT molecular complexity index is 976. The Morgan fingerprint density at radius 3 is 2.43 bits per heavy atom.